The molecule has 86 valence electrons. The highest BCUT2D eigenvalue weighted by Gasteiger charge is 2.20. The molecule has 0 radical (unpaired) electrons. The number of hydrogen-bond acceptors (Lipinski definition) is 4. The van der Waals surface area contributed by atoms with E-state index in [4.69, 9.17) is 21.4 Å². The van der Waals surface area contributed by atoms with Crippen LogP contribution in [0.2, 0.25) is 0 Å². The molecule has 0 bridgehead atoms. The van der Waals surface area contributed by atoms with Crippen LogP contribution in [-0.2, 0) is 14.8 Å². The van der Waals surface area contributed by atoms with Crippen LogP contribution >= 0.6 is 11.6 Å². The van der Waals surface area contributed by atoms with Crippen LogP contribution in [0.4, 0.5) is 0 Å². The van der Waals surface area contributed by atoms with Gasteiger partial charge >= 0.3 is 0 Å². The Morgan fingerprint density at radius 3 is 2.50 bits per heavy atom. The molecule has 0 rings (SSSR count). The summed E-state index contributed by atoms with van der Waals surface area (Å²) in [6.45, 7) is 0.436. The van der Waals surface area contributed by atoms with E-state index >= 15 is 0 Å². The van der Waals surface area contributed by atoms with Gasteiger partial charge in [-0.25, -0.2) is 8.42 Å². The van der Waals surface area contributed by atoms with Gasteiger partial charge in [-0.1, -0.05) is 0 Å². The fourth-order valence-corrected chi connectivity index (χ4v) is 2.67. The Labute approximate surface area is 89.7 Å². The third kappa shape index (κ3) is 5.11. The number of aliphatic hydroxyl groups excluding tert-OH is 1. The molecule has 0 saturated heterocycles. The van der Waals surface area contributed by atoms with Gasteiger partial charge in [0.1, 0.15) is 0 Å². The van der Waals surface area contributed by atoms with Crippen molar-refractivity contribution < 1.29 is 18.3 Å². The first kappa shape index (κ1) is 14.1. The van der Waals surface area contributed by atoms with Crippen LogP contribution in [0.15, 0.2) is 0 Å². The molecule has 0 aromatic carbocycles. The Kier molecular flexibility index (Phi) is 7.48. The maximum Gasteiger partial charge on any atom is 0.215 e. The maximum atomic E-state index is 11.5. The quantitative estimate of drug-likeness (QED) is 0.586. The van der Waals surface area contributed by atoms with Crippen molar-refractivity contribution in [3.8, 4) is 0 Å². The standard InChI is InChI=1S/C7H16ClNO4S/c1-13-6-4-9(3-5-10)14(11,12)7-2-8/h10H,2-7H2,1H3. The van der Waals surface area contributed by atoms with Crippen molar-refractivity contribution in [3.05, 3.63) is 0 Å². The van der Waals surface area contributed by atoms with Crippen molar-refractivity contribution in [2.24, 2.45) is 0 Å². The lowest BCUT2D eigenvalue weighted by Gasteiger charge is -2.20. The minimum absolute atomic E-state index is 0.0528. The summed E-state index contributed by atoms with van der Waals surface area (Å²) in [7, 11) is -1.85. The highest BCUT2D eigenvalue weighted by molar-refractivity contribution is 7.89. The molecule has 0 aromatic heterocycles. The molecular formula is C7H16ClNO4S. The SMILES string of the molecule is COCCN(CCO)S(=O)(=O)CCCl. The number of halogens is 1. The Morgan fingerprint density at radius 2 is 2.07 bits per heavy atom. The summed E-state index contributed by atoms with van der Waals surface area (Å²) in [6, 6.07) is 0. The number of sulfonamides is 1. The summed E-state index contributed by atoms with van der Waals surface area (Å²) in [5, 5.41) is 8.69. The van der Waals surface area contributed by atoms with E-state index in [1.54, 1.807) is 0 Å². The predicted octanol–water partition coefficient (Wildman–Crippen LogP) is -0.504. The number of aliphatic hydroxyl groups is 1. The van der Waals surface area contributed by atoms with Crippen molar-refractivity contribution in [2.45, 2.75) is 0 Å². The molecule has 0 fully saturated rings. The number of methoxy groups -OCH3 is 1. The molecule has 0 atom stereocenters. The number of hydrogen-bond donors (Lipinski definition) is 1. The predicted molar refractivity (Wildman–Crippen MR) is 55.0 cm³/mol. The molecule has 0 heterocycles. The summed E-state index contributed by atoms with van der Waals surface area (Å²) in [4.78, 5) is 0. The van der Waals surface area contributed by atoms with Gasteiger partial charge in [0.25, 0.3) is 0 Å². The van der Waals surface area contributed by atoms with Gasteiger partial charge in [0.2, 0.25) is 10.0 Å². The Bertz CT molecular complexity index is 232. The molecule has 0 aliphatic heterocycles. The Hall–Kier alpha value is 0.120. The topological polar surface area (TPSA) is 66.8 Å². The van der Waals surface area contributed by atoms with E-state index in [1.807, 2.05) is 0 Å². The summed E-state index contributed by atoms with van der Waals surface area (Å²) >= 11 is 5.36. The van der Waals surface area contributed by atoms with Crippen LogP contribution in [-0.4, -0.2) is 62.9 Å². The van der Waals surface area contributed by atoms with Crippen LogP contribution in [0, 0.1) is 0 Å². The second kappa shape index (κ2) is 7.42. The van der Waals surface area contributed by atoms with Gasteiger partial charge in [-0.05, 0) is 0 Å². The molecule has 7 heteroatoms. The summed E-state index contributed by atoms with van der Waals surface area (Å²) in [6.07, 6.45) is 0. The van der Waals surface area contributed by atoms with E-state index in [0.717, 1.165) is 0 Å². The van der Waals surface area contributed by atoms with Crippen molar-refractivity contribution in [3.63, 3.8) is 0 Å². The van der Waals surface area contributed by atoms with Gasteiger partial charge in [-0.2, -0.15) is 4.31 Å². The second-order valence-corrected chi connectivity index (χ2v) is 5.09. The molecule has 1 N–H and O–H groups in total. The molecule has 0 aliphatic rings. The molecule has 0 saturated carbocycles. The van der Waals surface area contributed by atoms with Gasteiger partial charge in [0.15, 0.2) is 0 Å². The van der Waals surface area contributed by atoms with Crippen LogP contribution in [0.5, 0.6) is 0 Å². The lowest BCUT2D eigenvalue weighted by Crippen LogP contribution is -2.38. The molecular weight excluding hydrogens is 230 g/mol. The molecule has 5 nitrogen and oxygen atoms in total. The average molecular weight is 246 g/mol. The van der Waals surface area contributed by atoms with E-state index in [1.165, 1.54) is 11.4 Å². The normalized spacial score (nSPS) is 12.3. The zero-order valence-corrected chi connectivity index (χ0v) is 9.72. The van der Waals surface area contributed by atoms with E-state index in [9.17, 15) is 8.42 Å². The van der Waals surface area contributed by atoms with E-state index in [0.29, 0.717) is 6.61 Å². The minimum Gasteiger partial charge on any atom is -0.395 e. The number of nitrogens with zero attached hydrogens (tertiary/aromatic N) is 1. The molecule has 0 unspecified atom stereocenters. The fraction of sp³-hybridized carbons (Fsp3) is 1.00. The largest absolute Gasteiger partial charge is 0.395 e. The molecule has 0 aromatic rings. The third-order valence-corrected chi connectivity index (χ3v) is 3.91. The van der Waals surface area contributed by atoms with Crippen molar-refractivity contribution in [1.29, 1.82) is 0 Å². The van der Waals surface area contributed by atoms with E-state index in [2.05, 4.69) is 0 Å². The summed E-state index contributed by atoms with van der Waals surface area (Å²) < 4.78 is 29.0. The Balaban J connectivity index is 4.30. The smallest absolute Gasteiger partial charge is 0.215 e. The first-order chi connectivity index (χ1) is 6.58. The van der Waals surface area contributed by atoms with Crippen LogP contribution < -0.4 is 0 Å². The highest BCUT2D eigenvalue weighted by Crippen LogP contribution is 2.01. The molecule has 14 heavy (non-hydrogen) atoms. The number of ether oxygens (including phenoxy) is 1. The van der Waals surface area contributed by atoms with Gasteiger partial charge in [-0.3, -0.25) is 0 Å². The van der Waals surface area contributed by atoms with E-state index < -0.39 is 10.0 Å². The van der Waals surface area contributed by atoms with E-state index in [-0.39, 0.29) is 31.3 Å². The van der Waals surface area contributed by atoms with Crippen molar-refractivity contribution in [1.82, 2.24) is 4.31 Å². The monoisotopic (exact) mass is 245 g/mol. The van der Waals surface area contributed by atoms with Crippen molar-refractivity contribution in [2.75, 3.05) is 45.0 Å². The average Bonchev–Trinajstić information content (AvgIpc) is 2.11. The summed E-state index contributed by atoms with van der Waals surface area (Å²) in [5.74, 6) is -0.0600. The molecule has 0 amide bonds. The zero-order valence-electron chi connectivity index (χ0n) is 8.15. The number of rotatable bonds is 8. The lowest BCUT2D eigenvalue weighted by atomic mass is 10.6. The molecule has 0 spiro atoms. The zero-order chi connectivity index (χ0) is 11.0. The first-order valence-corrected chi connectivity index (χ1v) is 6.36. The lowest BCUT2D eigenvalue weighted by molar-refractivity contribution is 0.169. The highest BCUT2D eigenvalue weighted by atomic mass is 35.5. The molecule has 0 aliphatic carbocycles. The third-order valence-electron chi connectivity index (χ3n) is 1.62. The fourth-order valence-electron chi connectivity index (χ4n) is 0.921. The van der Waals surface area contributed by atoms with Gasteiger partial charge in [-0.15, -0.1) is 11.6 Å². The van der Waals surface area contributed by atoms with Gasteiger partial charge in [0, 0.05) is 26.1 Å². The van der Waals surface area contributed by atoms with Gasteiger partial charge in [0.05, 0.1) is 19.0 Å². The first-order valence-electron chi connectivity index (χ1n) is 4.22. The summed E-state index contributed by atoms with van der Waals surface area (Å²) in [5.41, 5.74) is 0. The minimum atomic E-state index is -3.35. The number of alkyl halides is 1. The van der Waals surface area contributed by atoms with Crippen LogP contribution in [0.1, 0.15) is 0 Å². The maximum absolute atomic E-state index is 11.5. The van der Waals surface area contributed by atoms with Crippen LogP contribution in [0.3, 0.4) is 0 Å². The van der Waals surface area contributed by atoms with Gasteiger partial charge < -0.3 is 9.84 Å². The van der Waals surface area contributed by atoms with Crippen LogP contribution in [0.25, 0.3) is 0 Å². The second-order valence-electron chi connectivity index (χ2n) is 2.62. The van der Waals surface area contributed by atoms with Crippen molar-refractivity contribution >= 4 is 21.6 Å². The Morgan fingerprint density at radius 1 is 1.43 bits per heavy atom.